The van der Waals surface area contributed by atoms with E-state index in [2.05, 4.69) is 31.2 Å². The molecule has 0 radical (unpaired) electrons. The van der Waals surface area contributed by atoms with E-state index in [1.165, 1.54) is 0 Å². The zero-order valence-electron chi connectivity index (χ0n) is 10.3. The Morgan fingerprint density at radius 1 is 1.78 bits per heavy atom. The van der Waals surface area contributed by atoms with Crippen LogP contribution in [-0.2, 0) is 4.79 Å². The highest BCUT2D eigenvalue weighted by Crippen LogP contribution is 2.31. The van der Waals surface area contributed by atoms with Gasteiger partial charge in [0.05, 0.1) is 18.5 Å². The molecule has 0 saturated heterocycles. The maximum Gasteiger partial charge on any atom is 0.305 e. The molecule has 18 heavy (non-hydrogen) atoms. The number of halogens is 1. The molecule has 2 aliphatic rings. The van der Waals surface area contributed by atoms with Gasteiger partial charge in [-0.1, -0.05) is 6.92 Å². The van der Waals surface area contributed by atoms with Crippen molar-refractivity contribution >= 4 is 33.6 Å². The predicted molar refractivity (Wildman–Crippen MR) is 72.9 cm³/mol. The molecule has 7 heteroatoms. The van der Waals surface area contributed by atoms with Crippen LogP contribution in [0.25, 0.3) is 0 Å². The molecule has 0 aromatic carbocycles. The van der Waals surface area contributed by atoms with Gasteiger partial charge in [-0.15, -0.1) is 0 Å². The first-order valence-electron chi connectivity index (χ1n) is 5.69. The second-order valence-corrected chi connectivity index (χ2v) is 5.24. The summed E-state index contributed by atoms with van der Waals surface area (Å²) in [5, 5.41) is 12.1. The van der Waals surface area contributed by atoms with E-state index >= 15 is 0 Å². The fourth-order valence-electron chi connectivity index (χ4n) is 2.20. The largest absolute Gasteiger partial charge is 0.481 e. The van der Waals surface area contributed by atoms with Crippen molar-refractivity contribution in [3.63, 3.8) is 0 Å². The molecule has 6 nitrogen and oxygen atoms in total. The maximum absolute atomic E-state index is 11.0. The summed E-state index contributed by atoms with van der Waals surface area (Å²) >= 11 is 3.37. The topological polar surface area (TPSA) is 77.3 Å². The van der Waals surface area contributed by atoms with Gasteiger partial charge >= 0.3 is 5.97 Å². The highest BCUT2D eigenvalue weighted by molar-refractivity contribution is 9.11. The number of aliphatic carboxylic acids is 1. The van der Waals surface area contributed by atoms with Crippen LogP contribution in [0.4, 0.5) is 0 Å². The normalized spacial score (nSPS) is 28.6. The number of fused-ring (bicyclic) bond motifs is 1. The number of nitrogens with one attached hydrogen (secondary N) is 1. The first-order valence-corrected chi connectivity index (χ1v) is 6.49. The number of aliphatic imine (C=N–C) groups is 2. The fourth-order valence-corrected chi connectivity index (χ4v) is 2.63. The molecule has 2 N–H and O–H groups in total. The molecule has 1 atom stereocenters. The molecular formula is C11H15BrN4O2. The summed E-state index contributed by atoms with van der Waals surface area (Å²) in [6.07, 6.45) is 2.58. The standard InChI is InChI=1S/C11H15BrN4O2/c1-3-11(4-8(17)18)6-16-5-7(12)14-9(13-2)10(16)15-11/h5H,3-4,6H2,1-2H3,(H,13,14)(H,17,18). The summed E-state index contributed by atoms with van der Waals surface area (Å²) in [6, 6.07) is 0. The van der Waals surface area contributed by atoms with Gasteiger partial charge in [0.2, 0.25) is 0 Å². The van der Waals surface area contributed by atoms with Crippen LogP contribution in [0.15, 0.2) is 20.8 Å². The van der Waals surface area contributed by atoms with Crippen LogP contribution in [-0.4, -0.2) is 46.8 Å². The molecular weight excluding hydrogens is 300 g/mol. The molecule has 2 rings (SSSR count). The van der Waals surface area contributed by atoms with Gasteiger partial charge in [-0.2, -0.15) is 0 Å². The lowest BCUT2D eigenvalue weighted by molar-refractivity contribution is -0.138. The van der Waals surface area contributed by atoms with Crippen LogP contribution in [0.3, 0.4) is 0 Å². The third-order valence-corrected chi connectivity index (χ3v) is 3.56. The number of hydrogen-bond donors (Lipinski definition) is 2. The third kappa shape index (κ3) is 2.27. The highest BCUT2D eigenvalue weighted by Gasteiger charge is 2.42. The predicted octanol–water partition coefficient (Wildman–Crippen LogP) is 1.15. The van der Waals surface area contributed by atoms with Crippen molar-refractivity contribution in [2.75, 3.05) is 13.6 Å². The minimum absolute atomic E-state index is 0.0337. The van der Waals surface area contributed by atoms with Gasteiger partial charge < -0.3 is 15.3 Å². The quantitative estimate of drug-likeness (QED) is 0.766. The second-order valence-electron chi connectivity index (χ2n) is 4.39. The van der Waals surface area contributed by atoms with Crippen molar-refractivity contribution in [1.29, 1.82) is 0 Å². The van der Waals surface area contributed by atoms with Gasteiger partial charge in [-0.05, 0) is 22.4 Å². The minimum atomic E-state index is -0.827. The fraction of sp³-hybridized carbons (Fsp3) is 0.545. The highest BCUT2D eigenvalue weighted by atomic mass is 79.9. The number of carboxylic acid groups (broad SMARTS) is 1. The lowest BCUT2D eigenvalue weighted by atomic mass is 9.93. The number of hydrogen-bond acceptors (Lipinski definition) is 4. The number of nitrogens with zero attached hydrogens (tertiary/aromatic N) is 3. The van der Waals surface area contributed by atoms with Crippen LogP contribution >= 0.6 is 15.9 Å². The Kier molecular flexibility index (Phi) is 3.43. The van der Waals surface area contributed by atoms with Gasteiger partial charge in [0.15, 0.2) is 11.7 Å². The Morgan fingerprint density at radius 2 is 2.50 bits per heavy atom. The van der Waals surface area contributed by atoms with Crippen molar-refractivity contribution in [2.24, 2.45) is 9.98 Å². The van der Waals surface area contributed by atoms with E-state index in [4.69, 9.17) is 5.11 Å². The summed E-state index contributed by atoms with van der Waals surface area (Å²) < 4.78 is 0.796. The van der Waals surface area contributed by atoms with Crippen LogP contribution in [0.5, 0.6) is 0 Å². The van der Waals surface area contributed by atoms with E-state index in [9.17, 15) is 4.79 Å². The van der Waals surface area contributed by atoms with Crippen molar-refractivity contribution in [3.8, 4) is 0 Å². The van der Waals surface area contributed by atoms with Crippen molar-refractivity contribution < 1.29 is 9.90 Å². The lowest BCUT2D eigenvalue weighted by Crippen LogP contribution is -2.43. The Bertz CT molecular complexity index is 472. The van der Waals surface area contributed by atoms with Crippen molar-refractivity contribution in [2.45, 2.75) is 25.3 Å². The van der Waals surface area contributed by atoms with E-state index < -0.39 is 11.5 Å². The average Bonchev–Trinajstić information content (AvgIpc) is 2.65. The zero-order valence-corrected chi connectivity index (χ0v) is 11.9. The van der Waals surface area contributed by atoms with E-state index in [1.807, 2.05) is 18.0 Å². The van der Waals surface area contributed by atoms with Crippen LogP contribution in [0.2, 0.25) is 0 Å². The number of rotatable bonds is 3. The lowest BCUT2D eigenvalue weighted by Gasteiger charge is -2.26. The molecule has 0 spiro atoms. The van der Waals surface area contributed by atoms with Gasteiger partial charge in [-0.3, -0.25) is 14.8 Å². The van der Waals surface area contributed by atoms with Gasteiger partial charge in [-0.25, -0.2) is 0 Å². The molecule has 0 fully saturated rings. The van der Waals surface area contributed by atoms with Gasteiger partial charge in [0, 0.05) is 13.2 Å². The van der Waals surface area contributed by atoms with Crippen molar-refractivity contribution in [3.05, 3.63) is 10.8 Å². The Hall–Kier alpha value is -1.37. The molecule has 2 heterocycles. The Morgan fingerprint density at radius 3 is 3.06 bits per heavy atom. The summed E-state index contributed by atoms with van der Waals surface area (Å²) in [4.78, 5) is 21.6. The monoisotopic (exact) mass is 314 g/mol. The average molecular weight is 315 g/mol. The molecule has 0 aromatic heterocycles. The molecule has 2 aliphatic heterocycles. The summed E-state index contributed by atoms with van der Waals surface area (Å²) in [6.45, 7) is 2.53. The first-order chi connectivity index (χ1) is 8.49. The zero-order chi connectivity index (χ0) is 13.3. The molecule has 0 bridgehead atoms. The Labute approximate surface area is 114 Å². The second kappa shape index (κ2) is 4.72. The summed E-state index contributed by atoms with van der Waals surface area (Å²) in [5.74, 6) is 0.543. The van der Waals surface area contributed by atoms with Crippen LogP contribution in [0, 0.1) is 0 Å². The van der Waals surface area contributed by atoms with Crippen molar-refractivity contribution in [1.82, 2.24) is 10.2 Å². The number of amidine groups is 2. The number of carbonyl (C=O) groups is 1. The SMILES string of the molecule is CCC1(CC(=O)O)CN2C=C(Br)NC(=NC)C2=N1. The van der Waals surface area contributed by atoms with E-state index in [1.54, 1.807) is 7.05 Å². The molecule has 0 aromatic rings. The Balaban J connectivity index is 2.37. The molecule has 1 unspecified atom stereocenters. The first kappa shape index (κ1) is 13.1. The molecule has 0 aliphatic carbocycles. The number of carboxylic acids is 1. The molecule has 0 amide bonds. The smallest absolute Gasteiger partial charge is 0.305 e. The van der Waals surface area contributed by atoms with Crippen LogP contribution in [0.1, 0.15) is 19.8 Å². The minimum Gasteiger partial charge on any atom is -0.481 e. The van der Waals surface area contributed by atoms with Crippen LogP contribution < -0.4 is 5.32 Å². The maximum atomic E-state index is 11.0. The van der Waals surface area contributed by atoms with E-state index in [-0.39, 0.29) is 6.42 Å². The van der Waals surface area contributed by atoms with Gasteiger partial charge in [0.1, 0.15) is 4.61 Å². The van der Waals surface area contributed by atoms with E-state index in [0.717, 1.165) is 4.61 Å². The third-order valence-electron chi connectivity index (χ3n) is 3.16. The summed E-state index contributed by atoms with van der Waals surface area (Å²) in [5.41, 5.74) is -0.563. The van der Waals surface area contributed by atoms with E-state index in [0.29, 0.717) is 24.6 Å². The molecule has 0 saturated carbocycles. The summed E-state index contributed by atoms with van der Waals surface area (Å²) in [7, 11) is 1.68. The van der Waals surface area contributed by atoms with Gasteiger partial charge in [0.25, 0.3) is 0 Å². The molecule has 98 valence electrons.